The van der Waals surface area contributed by atoms with E-state index in [-0.39, 0.29) is 11.9 Å². The van der Waals surface area contributed by atoms with Crippen LogP contribution in [0.5, 0.6) is 0 Å². The average molecular weight is 217 g/mol. The Kier molecular flexibility index (Phi) is 3.31. The molecule has 2 rings (SSSR count). The highest BCUT2D eigenvalue weighted by molar-refractivity contribution is 5.84. The lowest BCUT2D eigenvalue weighted by atomic mass is 10.0. The molecule has 0 saturated carbocycles. The third kappa shape index (κ3) is 2.67. The van der Waals surface area contributed by atoms with Crippen molar-refractivity contribution in [3.8, 4) is 0 Å². The summed E-state index contributed by atoms with van der Waals surface area (Å²) in [5.41, 5.74) is 1.75. The van der Waals surface area contributed by atoms with E-state index in [4.69, 9.17) is 0 Å². The molecule has 1 amide bonds. The van der Waals surface area contributed by atoms with Crippen molar-refractivity contribution in [3.05, 3.63) is 42.4 Å². The van der Waals surface area contributed by atoms with Crippen molar-refractivity contribution in [2.24, 2.45) is 0 Å². The molecule has 0 spiro atoms. The minimum atomic E-state index is -0.132. The van der Waals surface area contributed by atoms with Gasteiger partial charge in [-0.15, -0.1) is 0 Å². The molecule has 0 aromatic carbocycles. The van der Waals surface area contributed by atoms with Crippen molar-refractivity contribution in [2.75, 3.05) is 0 Å². The molecule has 0 bridgehead atoms. The molecule has 1 aromatic rings. The van der Waals surface area contributed by atoms with Crippen LogP contribution in [-0.4, -0.2) is 16.9 Å². The number of amides is 1. The van der Waals surface area contributed by atoms with E-state index in [1.165, 1.54) is 0 Å². The number of allylic oxidation sites excluding steroid dienone is 1. The minimum Gasteiger partial charge on any atom is -0.329 e. The third-order valence-corrected chi connectivity index (χ3v) is 2.61. The second-order valence-electron chi connectivity index (χ2n) is 3.89. The van der Waals surface area contributed by atoms with Gasteiger partial charge in [-0.2, -0.15) is 0 Å². The van der Waals surface area contributed by atoms with Crippen LogP contribution in [0.1, 0.15) is 18.5 Å². The smallest absolute Gasteiger partial charge is 0.241 e. The van der Waals surface area contributed by atoms with E-state index < -0.39 is 0 Å². The predicted octanol–water partition coefficient (Wildman–Crippen LogP) is 0.963. The summed E-state index contributed by atoms with van der Waals surface area (Å²) in [7, 11) is 0. The molecule has 16 heavy (non-hydrogen) atoms. The lowest BCUT2D eigenvalue weighted by Crippen LogP contribution is -2.46. The molecule has 1 unspecified atom stereocenters. The van der Waals surface area contributed by atoms with Crippen molar-refractivity contribution >= 4 is 5.91 Å². The van der Waals surface area contributed by atoms with E-state index in [0.29, 0.717) is 6.54 Å². The van der Waals surface area contributed by atoms with Crippen LogP contribution >= 0.6 is 0 Å². The summed E-state index contributed by atoms with van der Waals surface area (Å²) in [6, 6.07) is 5.62. The Balaban J connectivity index is 1.87. The second kappa shape index (κ2) is 4.90. The van der Waals surface area contributed by atoms with Gasteiger partial charge in [-0.1, -0.05) is 12.6 Å². The Hall–Kier alpha value is -1.68. The maximum absolute atomic E-state index is 11.6. The standard InChI is InChI=1S/C12H15N3O/c1-9-5-6-11(12(16)15-9)14-8-10-4-2-3-7-13-10/h2-4,7,11,14H,1,5-6,8H2,(H,15,16). The molecular weight excluding hydrogens is 202 g/mol. The Morgan fingerprint density at radius 2 is 2.44 bits per heavy atom. The monoisotopic (exact) mass is 217 g/mol. The number of rotatable bonds is 3. The van der Waals surface area contributed by atoms with Gasteiger partial charge in [0, 0.05) is 18.4 Å². The van der Waals surface area contributed by atoms with Gasteiger partial charge in [0.1, 0.15) is 0 Å². The Morgan fingerprint density at radius 3 is 3.12 bits per heavy atom. The number of nitrogens with zero attached hydrogens (tertiary/aromatic N) is 1. The normalized spacial score (nSPS) is 20.6. The van der Waals surface area contributed by atoms with Crippen molar-refractivity contribution in [1.82, 2.24) is 15.6 Å². The van der Waals surface area contributed by atoms with Crippen LogP contribution in [0, 0.1) is 0 Å². The zero-order chi connectivity index (χ0) is 11.4. The molecular formula is C12H15N3O. The highest BCUT2D eigenvalue weighted by Crippen LogP contribution is 2.10. The number of nitrogens with one attached hydrogen (secondary N) is 2. The highest BCUT2D eigenvalue weighted by Gasteiger charge is 2.22. The summed E-state index contributed by atoms with van der Waals surface area (Å²) >= 11 is 0. The number of piperidine rings is 1. The van der Waals surface area contributed by atoms with Gasteiger partial charge in [-0.25, -0.2) is 0 Å². The largest absolute Gasteiger partial charge is 0.329 e. The van der Waals surface area contributed by atoms with E-state index in [1.54, 1.807) is 6.20 Å². The maximum atomic E-state index is 11.6. The molecule has 0 radical (unpaired) electrons. The number of hydrogen-bond acceptors (Lipinski definition) is 3. The van der Waals surface area contributed by atoms with Crippen molar-refractivity contribution in [3.63, 3.8) is 0 Å². The van der Waals surface area contributed by atoms with Crippen LogP contribution in [0.3, 0.4) is 0 Å². The highest BCUT2D eigenvalue weighted by atomic mass is 16.2. The first kappa shape index (κ1) is 10.8. The van der Waals surface area contributed by atoms with E-state index >= 15 is 0 Å². The predicted molar refractivity (Wildman–Crippen MR) is 61.4 cm³/mol. The Labute approximate surface area is 94.8 Å². The molecule has 1 fully saturated rings. The fourth-order valence-electron chi connectivity index (χ4n) is 1.70. The SMILES string of the molecule is C=C1CCC(NCc2ccccn2)C(=O)N1. The molecule has 1 aromatic heterocycles. The first-order chi connectivity index (χ1) is 7.75. The Bertz CT molecular complexity index is 389. The van der Waals surface area contributed by atoms with Gasteiger partial charge in [0.05, 0.1) is 11.7 Å². The van der Waals surface area contributed by atoms with Gasteiger partial charge < -0.3 is 10.6 Å². The van der Waals surface area contributed by atoms with Crippen molar-refractivity contribution < 1.29 is 4.79 Å². The quantitative estimate of drug-likeness (QED) is 0.793. The van der Waals surface area contributed by atoms with E-state index in [1.807, 2.05) is 18.2 Å². The number of aromatic nitrogens is 1. The van der Waals surface area contributed by atoms with Gasteiger partial charge in [0.2, 0.25) is 5.91 Å². The lowest BCUT2D eigenvalue weighted by molar-refractivity contribution is -0.123. The zero-order valence-electron chi connectivity index (χ0n) is 9.07. The Morgan fingerprint density at radius 1 is 1.56 bits per heavy atom. The van der Waals surface area contributed by atoms with Gasteiger partial charge in [-0.3, -0.25) is 9.78 Å². The molecule has 4 nitrogen and oxygen atoms in total. The van der Waals surface area contributed by atoms with E-state index in [0.717, 1.165) is 24.2 Å². The van der Waals surface area contributed by atoms with Gasteiger partial charge in [-0.05, 0) is 25.0 Å². The summed E-state index contributed by atoms with van der Waals surface area (Å²) in [6.45, 7) is 4.36. The summed E-state index contributed by atoms with van der Waals surface area (Å²) in [5, 5.41) is 5.94. The summed E-state index contributed by atoms with van der Waals surface area (Å²) < 4.78 is 0. The fraction of sp³-hybridized carbons (Fsp3) is 0.333. The molecule has 1 atom stereocenters. The topological polar surface area (TPSA) is 54.0 Å². The van der Waals surface area contributed by atoms with Crippen LogP contribution in [0.2, 0.25) is 0 Å². The molecule has 2 heterocycles. The van der Waals surface area contributed by atoms with E-state index in [9.17, 15) is 4.79 Å². The van der Waals surface area contributed by atoms with Crippen LogP contribution in [0.15, 0.2) is 36.7 Å². The number of hydrogen-bond donors (Lipinski definition) is 2. The zero-order valence-corrected chi connectivity index (χ0v) is 9.07. The molecule has 4 heteroatoms. The second-order valence-corrected chi connectivity index (χ2v) is 3.89. The lowest BCUT2D eigenvalue weighted by Gasteiger charge is -2.24. The molecule has 84 valence electrons. The first-order valence-corrected chi connectivity index (χ1v) is 5.37. The van der Waals surface area contributed by atoms with Crippen molar-refractivity contribution in [2.45, 2.75) is 25.4 Å². The average Bonchev–Trinajstić information content (AvgIpc) is 2.29. The van der Waals surface area contributed by atoms with E-state index in [2.05, 4.69) is 22.2 Å². The van der Waals surface area contributed by atoms with Gasteiger partial charge >= 0.3 is 0 Å². The molecule has 1 saturated heterocycles. The summed E-state index contributed by atoms with van der Waals surface area (Å²) in [5.74, 6) is 0.00665. The van der Waals surface area contributed by atoms with Crippen LogP contribution in [0.4, 0.5) is 0 Å². The number of carbonyl (C=O) groups excluding carboxylic acids is 1. The molecule has 1 aliphatic rings. The van der Waals surface area contributed by atoms with Gasteiger partial charge in [0.25, 0.3) is 0 Å². The fourth-order valence-corrected chi connectivity index (χ4v) is 1.70. The molecule has 2 N–H and O–H groups in total. The van der Waals surface area contributed by atoms with Crippen LogP contribution in [0.25, 0.3) is 0 Å². The van der Waals surface area contributed by atoms with Crippen molar-refractivity contribution in [1.29, 1.82) is 0 Å². The summed E-state index contributed by atoms with van der Waals surface area (Å²) in [4.78, 5) is 15.8. The molecule has 1 aliphatic heterocycles. The van der Waals surface area contributed by atoms with Crippen LogP contribution < -0.4 is 10.6 Å². The number of carbonyl (C=O) groups is 1. The first-order valence-electron chi connectivity index (χ1n) is 5.37. The summed E-state index contributed by atoms with van der Waals surface area (Å²) in [6.07, 6.45) is 3.39. The minimum absolute atomic E-state index is 0.00665. The number of pyridine rings is 1. The third-order valence-electron chi connectivity index (χ3n) is 2.61. The maximum Gasteiger partial charge on any atom is 0.241 e. The van der Waals surface area contributed by atoms with Gasteiger partial charge in [0.15, 0.2) is 0 Å². The molecule has 0 aliphatic carbocycles. The van der Waals surface area contributed by atoms with Crippen LogP contribution in [-0.2, 0) is 11.3 Å².